The number of hydrogen-bond donors (Lipinski definition) is 0. The maximum absolute atomic E-state index is 6.37. The lowest BCUT2D eigenvalue weighted by atomic mass is 10.1. The van der Waals surface area contributed by atoms with E-state index in [0.717, 1.165) is 12.8 Å². The lowest BCUT2D eigenvalue weighted by Crippen LogP contribution is -2.49. The molecule has 0 atom stereocenters. The molecule has 20 heavy (non-hydrogen) atoms. The van der Waals surface area contributed by atoms with Crippen LogP contribution in [0, 0.1) is 6.92 Å². The lowest BCUT2D eigenvalue weighted by molar-refractivity contribution is 0.0199. The highest BCUT2D eigenvalue weighted by molar-refractivity contribution is 6.62. The van der Waals surface area contributed by atoms with Gasteiger partial charge in [0.15, 0.2) is 0 Å². The van der Waals surface area contributed by atoms with Gasteiger partial charge in [-0.05, 0) is 58.2 Å². The van der Waals surface area contributed by atoms with Gasteiger partial charge in [0.2, 0.25) is 0 Å². The standard InChI is InChI=1S/C17H29O2Si/c1-8-16(4,5)18-20(19-17(6,7)9-2)15-13-11-10-12-14(15)3/h10-13H,8-9H2,1-7H3. The van der Waals surface area contributed by atoms with E-state index in [1.54, 1.807) is 0 Å². The second-order valence-corrected chi connectivity index (χ2v) is 8.05. The monoisotopic (exact) mass is 293 g/mol. The van der Waals surface area contributed by atoms with Gasteiger partial charge in [0.1, 0.15) is 0 Å². The molecule has 3 heteroatoms. The molecule has 1 aromatic rings. The third-order valence-corrected chi connectivity index (χ3v) is 6.28. The normalized spacial score (nSPS) is 13.0. The molecule has 0 unspecified atom stereocenters. The van der Waals surface area contributed by atoms with Crippen LogP contribution in [0.2, 0.25) is 0 Å². The maximum atomic E-state index is 6.37. The summed E-state index contributed by atoms with van der Waals surface area (Å²) in [6.07, 6.45) is 1.95. The van der Waals surface area contributed by atoms with Crippen LogP contribution in [0.4, 0.5) is 0 Å². The maximum Gasteiger partial charge on any atom is 0.424 e. The third-order valence-electron chi connectivity index (χ3n) is 3.81. The van der Waals surface area contributed by atoms with E-state index in [2.05, 4.69) is 72.7 Å². The molecule has 0 fully saturated rings. The van der Waals surface area contributed by atoms with Gasteiger partial charge in [-0.15, -0.1) is 0 Å². The first-order valence-corrected chi connectivity index (χ1v) is 8.83. The van der Waals surface area contributed by atoms with Crippen LogP contribution in [-0.4, -0.2) is 20.5 Å². The second-order valence-electron chi connectivity index (χ2n) is 6.53. The van der Waals surface area contributed by atoms with Gasteiger partial charge in [0.25, 0.3) is 0 Å². The minimum atomic E-state index is -1.49. The molecule has 0 bridgehead atoms. The van der Waals surface area contributed by atoms with Crippen molar-refractivity contribution in [3.8, 4) is 0 Å². The van der Waals surface area contributed by atoms with Crippen molar-refractivity contribution in [2.24, 2.45) is 0 Å². The van der Waals surface area contributed by atoms with E-state index in [4.69, 9.17) is 8.85 Å². The zero-order valence-electron chi connectivity index (χ0n) is 14.0. The minimum absolute atomic E-state index is 0.152. The summed E-state index contributed by atoms with van der Waals surface area (Å²) in [4.78, 5) is 0. The van der Waals surface area contributed by atoms with Gasteiger partial charge >= 0.3 is 9.28 Å². The fourth-order valence-corrected chi connectivity index (χ4v) is 3.77. The molecule has 113 valence electrons. The Morgan fingerprint density at radius 1 is 0.900 bits per heavy atom. The van der Waals surface area contributed by atoms with E-state index < -0.39 is 9.28 Å². The molecule has 1 aromatic carbocycles. The van der Waals surface area contributed by atoms with Gasteiger partial charge in [-0.25, -0.2) is 0 Å². The molecule has 1 radical (unpaired) electrons. The van der Waals surface area contributed by atoms with Gasteiger partial charge in [-0.2, -0.15) is 0 Å². The van der Waals surface area contributed by atoms with Crippen LogP contribution in [-0.2, 0) is 8.85 Å². The van der Waals surface area contributed by atoms with Crippen molar-refractivity contribution in [1.82, 2.24) is 0 Å². The summed E-state index contributed by atoms with van der Waals surface area (Å²) >= 11 is 0. The first-order chi connectivity index (χ1) is 9.21. The van der Waals surface area contributed by atoms with E-state index in [9.17, 15) is 0 Å². The summed E-state index contributed by atoms with van der Waals surface area (Å²) in [5, 5.41) is 1.22. The summed E-state index contributed by atoms with van der Waals surface area (Å²) in [5.41, 5.74) is 0.945. The summed E-state index contributed by atoms with van der Waals surface area (Å²) in [6, 6.07) is 8.40. The third kappa shape index (κ3) is 5.04. The van der Waals surface area contributed by atoms with Crippen molar-refractivity contribution in [3.63, 3.8) is 0 Å². The number of rotatable bonds is 7. The Labute approximate surface area is 126 Å². The molecule has 0 amide bonds. The van der Waals surface area contributed by atoms with Gasteiger partial charge in [0.05, 0.1) is 11.2 Å². The van der Waals surface area contributed by atoms with Crippen molar-refractivity contribution in [2.45, 2.75) is 72.5 Å². The van der Waals surface area contributed by atoms with Crippen molar-refractivity contribution in [2.75, 3.05) is 0 Å². The number of aryl methyl sites for hydroxylation is 1. The Balaban J connectivity index is 3.05. The molecule has 0 aliphatic heterocycles. The quantitative estimate of drug-likeness (QED) is 0.705. The summed E-state index contributed by atoms with van der Waals surface area (Å²) in [7, 11) is -1.49. The molecule has 0 aromatic heterocycles. The first kappa shape index (κ1) is 17.4. The molecule has 0 N–H and O–H groups in total. The van der Waals surface area contributed by atoms with E-state index in [1.807, 2.05) is 0 Å². The Kier molecular flexibility index (Phi) is 5.99. The topological polar surface area (TPSA) is 18.5 Å². The van der Waals surface area contributed by atoms with Crippen LogP contribution in [0.5, 0.6) is 0 Å². The van der Waals surface area contributed by atoms with Crippen LogP contribution >= 0.6 is 0 Å². The summed E-state index contributed by atoms with van der Waals surface area (Å²) < 4.78 is 12.7. The van der Waals surface area contributed by atoms with E-state index >= 15 is 0 Å². The molecule has 0 aliphatic rings. The van der Waals surface area contributed by atoms with Gasteiger partial charge in [-0.3, -0.25) is 0 Å². The molecular formula is C17H29O2Si. The summed E-state index contributed by atoms with van der Waals surface area (Å²) in [6.45, 7) is 15.0. The van der Waals surface area contributed by atoms with E-state index in [-0.39, 0.29) is 11.2 Å². The average molecular weight is 294 g/mol. The van der Waals surface area contributed by atoms with Crippen molar-refractivity contribution < 1.29 is 8.85 Å². The molecule has 0 aliphatic carbocycles. The molecule has 0 spiro atoms. The van der Waals surface area contributed by atoms with Gasteiger partial charge < -0.3 is 8.85 Å². The van der Waals surface area contributed by atoms with E-state index in [0.29, 0.717) is 0 Å². The number of benzene rings is 1. The second kappa shape index (κ2) is 6.88. The minimum Gasteiger partial charge on any atom is -0.385 e. The highest BCUT2D eigenvalue weighted by atomic mass is 28.3. The molecule has 1 rings (SSSR count). The highest BCUT2D eigenvalue weighted by Gasteiger charge is 2.33. The fraction of sp³-hybridized carbons (Fsp3) is 0.647. The lowest BCUT2D eigenvalue weighted by Gasteiger charge is -2.34. The molecule has 0 heterocycles. The predicted molar refractivity (Wildman–Crippen MR) is 87.5 cm³/mol. The molecule has 0 saturated heterocycles. The molecule has 0 saturated carbocycles. The van der Waals surface area contributed by atoms with Crippen LogP contribution in [0.15, 0.2) is 24.3 Å². The predicted octanol–water partition coefficient (Wildman–Crippen LogP) is 4.10. The van der Waals surface area contributed by atoms with E-state index in [1.165, 1.54) is 10.8 Å². The average Bonchev–Trinajstić information content (AvgIpc) is 2.38. The van der Waals surface area contributed by atoms with Gasteiger partial charge in [0, 0.05) is 0 Å². The van der Waals surface area contributed by atoms with Crippen LogP contribution < -0.4 is 5.19 Å². The molecular weight excluding hydrogens is 264 g/mol. The summed E-state index contributed by atoms with van der Waals surface area (Å²) in [5.74, 6) is 0. The van der Waals surface area contributed by atoms with Crippen LogP contribution in [0.3, 0.4) is 0 Å². The zero-order valence-corrected chi connectivity index (χ0v) is 15.0. The van der Waals surface area contributed by atoms with Crippen LogP contribution in [0.25, 0.3) is 0 Å². The molecule has 2 nitrogen and oxygen atoms in total. The first-order valence-electron chi connectivity index (χ1n) is 7.52. The van der Waals surface area contributed by atoms with Crippen molar-refractivity contribution in [3.05, 3.63) is 29.8 Å². The van der Waals surface area contributed by atoms with Crippen molar-refractivity contribution >= 4 is 14.5 Å². The number of hydrogen-bond acceptors (Lipinski definition) is 2. The highest BCUT2D eigenvalue weighted by Crippen LogP contribution is 2.21. The Morgan fingerprint density at radius 3 is 1.75 bits per heavy atom. The smallest absolute Gasteiger partial charge is 0.385 e. The Bertz CT molecular complexity index is 409. The SMILES string of the molecule is CCC(C)(C)O[Si](OC(C)(C)CC)c1ccccc1C. The largest absolute Gasteiger partial charge is 0.424 e. The van der Waals surface area contributed by atoms with Gasteiger partial charge in [-0.1, -0.05) is 38.1 Å². The zero-order chi connectivity index (χ0) is 15.4. The van der Waals surface area contributed by atoms with Crippen molar-refractivity contribution in [1.29, 1.82) is 0 Å². The fourth-order valence-electron chi connectivity index (χ4n) is 1.58. The Hall–Kier alpha value is -0.643. The van der Waals surface area contributed by atoms with Crippen LogP contribution in [0.1, 0.15) is 59.9 Å². The Morgan fingerprint density at radius 2 is 1.35 bits per heavy atom.